The van der Waals surface area contributed by atoms with Crippen molar-refractivity contribution in [2.45, 2.75) is 143 Å². The molecular weight excluding hydrogens is 673 g/mol. The molecule has 0 heterocycles. The van der Waals surface area contributed by atoms with Gasteiger partial charge in [-0.15, -0.1) is 0 Å². The van der Waals surface area contributed by atoms with E-state index >= 15 is 0 Å². The molecule has 0 aliphatic heterocycles. The third-order valence-electron chi connectivity index (χ3n) is 10.0. The summed E-state index contributed by atoms with van der Waals surface area (Å²) >= 11 is 0. The topological polar surface area (TPSA) is 125 Å². The van der Waals surface area contributed by atoms with Gasteiger partial charge in [0.25, 0.3) is 15.9 Å². The minimum atomic E-state index is -4.25. The van der Waals surface area contributed by atoms with Crippen LogP contribution < -0.4 is 15.4 Å². The van der Waals surface area contributed by atoms with Crippen LogP contribution in [0.3, 0.4) is 0 Å². The number of rotatable bonds is 15. The van der Waals surface area contributed by atoms with Crippen molar-refractivity contribution < 1.29 is 22.8 Å². The summed E-state index contributed by atoms with van der Waals surface area (Å²) in [5.74, 6) is -1.51. The summed E-state index contributed by atoms with van der Waals surface area (Å²) in [5.41, 5.74) is 2.29. The lowest BCUT2D eigenvalue weighted by molar-refractivity contribution is -0.140. The van der Waals surface area contributed by atoms with Crippen LogP contribution in [0, 0.1) is 11.3 Å². The molecule has 2 aromatic rings. The molecule has 3 N–H and O–H groups in total. The summed E-state index contributed by atoms with van der Waals surface area (Å²) in [5, 5.41) is 6.21. The molecular formula is C42H66N4O5S. The number of carbonyl (C=O) groups is 3. The average molecular weight is 739 g/mol. The van der Waals surface area contributed by atoms with Gasteiger partial charge < -0.3 is 15.5 Å². The Morgan fingerprint density at radius 1 is 0.788 bits per heavy atom. The highest BCUT2D eigenvalue weighted by Gasteiger charge is 2.42. The van der Waals surface area contributed by atoms with E-state index in [1.807, 2.05) is 119 Å². The first-order chi connectivity index (χ1) is 23.8. The van der Waals surface area contributed by atoms with Gasteiger partial charge in [0.15, 0.2) is 0 Å². The predicted molar refractivity (Wildman–Crippen MR) is 213 cm³/mol. The Balaban J connectivity index is 2.47. The van der Waals surface area contributed by atoms with E-state index in [2.05, 4.69) is 29.2 Å². The zero-order chi connectivity index (χ0) is 40.1. The Hall–Kier alpha value is -3.50. The molecule has 10 heteroatoms. The number of nitrogens with zero attached hydrogens (tertiary/aromatic N) is 1. The van der Waals surface area contributed by atoms with Crippen LogP contribution in [-0.2, 0) is 29.8 Å². The van der Waals surface area contributed by atoms with E-state index in [9.17, 15) is 22.8 Å². The second-order valence-corrected chi connectivity index (χ2v) is 18.7. The first-order valence-corrected chi connectivity index (χ1v) is 20.0. The van der Waals surface area contributed by atoms with Crippen molar-refractivity contribution in [2.24, 2.45) is 11.3 Å². The van der Waals surface area contributed by atoms with E-state index in [4.69, 9.17) is 0 Å². The average Bonchev–Trinajstić information content (AvgIpc) is 3.04. The van der Waals surface area contributed by atoms with Crippen LogP contribution in [0.1, 0.15) is 137 Å². The van der Waals surface area contributed by atoms with Crippen LogP contribution in [0.15, 0.2) is 59.0 Å². The van der Waals surface area contributed by atoms with Gasteiger partial charge in [0.1, 0.15) is 6.04 Å². The van der Waals surface area contributed by atoms with Crippen LogP contribution in [0.4, 0.5) is 0 Å². The molecule has 2 aromatic carbocycles. The largest absolute Gasteiger partial charge is 0.342 e. The van der Waals surface area contributed by atoms with Crippen molar-refractivity contribution >= 4 is 27.7 Å². The maximum atomic E-state index is 14.3. The Morgan fingerprint density at radius 2 is 1.29 bits per heavy atom. The SMILES string of the molecule is CN[C@H](C(=O)NC(C(=O)N(C)[C@H](/C=C(\C)C(=O)NS(=O)(=O)c1c(C(C)C)cc(C(C)C)cc1C(C)C)C(C)C)C(C)(C)C)C(C)(C)c1ccccc1. The summed E-state index contributed by atoms with van der Waals surface area (Å²) in [6, 6.07) is 11.5. The first-order valence-electron chi connectivity index (χ1n) is 18.5. The zero-order valence-electron chi connectivity index (χ0n) is 34.6. The van der Waals surface area contributed by atoms with Crippen LogP contribution >= 0.6 is 0 Å². The monoisotopic (exact) mass is 738 g/mol. The highest BCUT2D eigenvalue weighted by atomic mass is 32.2. The maximum absolute atomic E-state index is 14.3. The molecule has 3 atom stereocenters. The molecule has 0 saturated heterocycles. The number of hydrogen-bond acceptors (Lipinski definition) is 6. The van der Waals surface area contributed by atoms with E-state index < -0.39 is 44.9 Å². The molecule has 2 rings (SSSR count). The Morgan fingerprint density at radius 3 is 1.69 bits per heavy atom. The van der Waals surface area contributed by atoms with E-state index in [-0.39, 0.29) is 46.0 Å². The number of benzene rings is 2. The van der Waals surface area contributed by atoms with Crippen molar-refractivity contribution in [1.29, 1.82) is 0 Å². The number of likely N-dealkylation sites (N-methyl/N-ethyl adjacent to an activating group) is 2. The van der Waals surface area contributed by atoms with Gasteiger partial charge in [0.2, 0.25) is 11.8 Å². The summed E-state index contributed by atoms with van der Waals surface area (Å²) < 4.78 is 30.4. The summed E-state index contributed by atoms with van der Waals surface area (Å²) in [6.45, 7) is 27.0. The van der Waals surface area contributed by atoms with Gasteiger partial charge >= 0.3 is 0 Å². The Labute approximate surface area is 314 Å². The highest BCUT2D eigenvalue weighted by molar-refractivity contribution is 7.90. The maximum Gasteiger partial charge on any atom is 0.264 e. The molecule has 52 heavy (non-hydrogen) atoms. The summed E-state index contributed by atoms with van der Waals surface area (Å²) in [7, 11) is -0.869. The fourth-order valence-corrected chi connectivity index (χ4v) is 8.33. The van der Waals surface area contributed by atoms with Gasteiger partial charge in [-0.3, -0.25) is 14.4 Å². The molecule has 0 aliphatic carbocycles. The molecule has 0 aromatic heterocycles. The Bertz CT molecular complexity index is 1670. The van der Waals surface area contributed by atoms with Crippen molar-refractivity contribution in [2.75, 3.05) is 14.1 Å². The molecule has 0 aliphatic rings. The van der Waals surface area contributed by atoms with Gasteiger partial charge in [-0.1, -0.05) is 139 Å². The minimum absolute atomic E-state index is 0.0939. The van der Waals surface area contributed by atoms with Gasteiger partial charge in [-0.25, -0.2) is 13.1 Å². The molecule has 9 nitrogen and oxygen atoms in total. The lowest BCUT2D eigenvalue weighted by atomic mass is 9.76. The molecule has 290 valence electrons. The van der Waals surface area contributed by atoms with Gasteiger partial charge in [0, 0.05) is 18.0 Å². The molecule has 0 bridgehead atoms. The third kappa shape index (κ3) is 10.6. The van der Waals surface area contributed by atoms with Crippen molar-refractivity contribution in [3.05, 3.63) is 76.4 Å². The van der Waals surface area contributed by atoms with Crippen molar-refractivity contribution in [3.8, 4) is 0 Å². The van der Waals surface area contributed by atoms with Crippen LogP contribution in [0.2, 0.25) is 0 Å². The van der Waals surface area contributed by atoms with Crippen LogP contribution in [0.25, 0.3) is 0 Å². The zero-order valence-corrected chi connectivity index (χ0v) is 35.4. The highest BCUT2D eigenvalue weighted by Crippen LogP contribution is 2.35. The predicted octanol–water partition coefficient (Wildman–Crippen LogP) is 7.39. The van der Waals surface area contributed by atoms with Crippen molar-refractivity contribution in [1.82, 2.24) is 20.3 Å². The standard InChI is InChI=1S/C42H66N4O5S/c1-25(2)30-23-32(26(3)4)35(33(24-30)27(5)6)52(50,51)45-38(47)29(9)22-34(28(7)8)46(16)40(49)37(41(10,11)12)44-39(48)36(43-15)42(13,14)31-20-18-17-19-21-31/h17-28,34,36-37,43H,1-16H3,(H,44,48)(H,45,47)/b29-22+/t34-,36-,37?/m1/s1. The molecule has 0 spiro atoms. The number of amides is 3. The minimum Gasteiger partial charge on any atom is -0.342 e. The number of carbonyl (C=O) groups excluding carboxylic acids is 3. The molecule has 0 radical (unpaired) electrons. The fourth-order valence-electron chi connectivity index (χ4n) is 6.62. The summed E-state index contributed by atoms with van der Waals surface area (Å²) in [6.07, 6.45) is 1.64. The van der Waals surface area contributed by atoms with Gasteiger partial charge in [-0.05, 0) is 65.3 Å². The second kappa shape index (κ2) is 17.5. The van der Waals surface area contributed by atoms with Crippen molar-refractivity contribution in [3.63, 3.8) is 0 Å². The Kier molecular flexibility index (Phi) is 15.1. The van der Waals surface area contributed by atoms with Gasteiger partial charge in [0.05, 0.1) is 17.0 Å². The van der Waals surface area contributed by atoms with E-state index in [0.717, 1.165) is 11.1 Å². The molecule has 0 saturated carbocycles. The first kappa shape index (κ1) is 44.7. The molecule has 3 amide bonds. The molecule has 1 unspecified atom stereocenters. The number of hydrogen-bond donors (Lipinski definition) is 3. The lowest BCUT2D eigenvalue weighted by Crippen LogP contribution is -2.61. The fraction of sp³-hybridized carbons (Fsp3) is 0.595. The number of sulfonamides is 1. The molecule has 0 fully saturated rings. The normalized spacial score (nSPS) is 14.8. The van der Waals surface area contributed by atoms with E-state index in [0.29, 0.717) is 11.1 Å². The second-order valence-electron chi connectivity index (χ2n) is 17.1. The van der Waals surface area contributed by atoms with Crippen LogP contribution in [-0.4, -0.2) is 63.3 Å². The lowest BCUT2D eigenvalue weighted by Gasteiger charge is -2.40. The summed E-state index contributed by atoms with van der Waals surface area (Å²) in [4.78, 5) is 43.6. The smallest absolute Gasteiger partial charge is 0.264 e. The van der Waals surface area contributed by atoms with Gasteiger partial charge in [-0.2, -0.15) is 0 Å². The van der Waals surface area contributed by atoms with Crippen LogP contribution in [0.5, 0.6) is 0 Å². The van der Waals surface area contributed by atoms with E-state index in [1.54, 1.807) is 32.0 Å². The van der Waals surface area contributed by atoms with E-state index in [1.165, 1.54) is 0 Å². The quantitative estimate of drug-likeness (QED) is 0.164. The third-order valence-corrected chi connectivity index (χ3v) is 11.5. The number of nitrogens with one attached hydrogen (secondary N) is 3.